The molecule has 0 spiro atoms. The lowest BCUT2D eigenvalue weighted by atomic mass is 10.2. The molecule has 2 heterocycles. The first-order valence-corrected chi connectivity index (χ1v) is 8.29. The van der Waals surface area contributed by atoms with Crippen LogP contribution in [-0.2, 0) is 6.42 Å². The van der Waals surface area contributed by atoms with E-state index in [1.165, 1.54) is 11.3 Å². The van der Waals surface area contributed by atoms with Crippen LogP contribution in [-0.4, -0.2) is 26.1 Å². The number of nitrogens with one attached hydrogen (secondary N) is 2. The van der Waals surface area contributed by atoms with Crippen molar-refractivity contribution < 1.29 is 4.79 Å². The highest BCUT2D eigenvalue weighted by Crippen LogP contribution is 2.20. The van der Waals surface area contributed by atoms with Crippen molar-refractivity contribution in [1.29, 1.82) is 0 Å². The Kier molecular flexibility index (Phi) is 4.47. The summed E-state index contributed by atoms with van der Waals surface area (Å²) in [6.45, 7) is 3.94. The summed E-state index contributed by atoms with van der Waals surface area (Å²) in [6, 6.07) is 7.45. The first kappa shape index (κ1) is 15.4. The molecule has 0 aliphatic rings. The number of carbonyl (C=O) groups is 1. The Bertz CT molecular complexity index is 823. The van der Waals surface area contributed by atoms with Crippen LogP contribution in [0, 0.1) is 6.92 Å². The summed E-state index contributed by atoms with van der Waals surface area (Å²) in [5.41, 5.74) is 2.00. The second-order valence-corrected chi connectivity index (χ2v) is 6.10. The maximum Gasteiger partial charge on any atom is 0.275 e. The molecule has 0 bridgehead atoms. The summed E-state index contributed by atoms with van der Waals surface area (Å²) in [7, 11) is 0. The van der Waals surface area contributed by atoms with Gasteiger partial charge in [0.1, 0.15) is 11.5 Å². The average Bonchev–Trinajstić information content (AvgIpc) is 3.17. The zero-order valence-electron chi connectivity index (χ0n) is 13.0. The van der Waals surface area contributed by atoms with Crippen LogP contribution in [0.15, 0.2) is 29.6 Å². The molecule has 0 saturated carbocycles. The lowest BCUT2D eigenvalue weighted by Crippen LogP contribution is -2.12. The molecule has 3 aromatic rings. The first-order valence-electron chi connectivity index (χ1n) is 7.41. The number of carbonyl (C=O) groups excluding carboxylic acids is 1. The van der Waals surface area contributed by atoms with Crippen LogP contribution in [0.5, 0.6) is 0 Å². The smallest absolute Gasteiger partial charge is 0.275 e. The van der Waals surface area contributed by atoms with Gasteiger partial charge in [-0.05, 0) is 31.9 Å². The molecule has 0 aliphatic heterocycles. The average molecular weight is 327 g/mol. The number of hydrogen-bond acceptors (Lipinski definition) is 5. The number of aromatic amines is 1. The number of thiazole rings is 1. The van der Waals surface area contributed by atoms with E-state index in [9.17, 15) is 4.79 Å². The topological polar surface area (TPSA) is 83.6 Å². The van der Waals surface area contributed by atoms with Gasteiger partial charge in [0, 0.05) is 16.6 Å². The molecule has 0 fully saturated rings. The Labute approximate surface area is 138 Å². The van der Waals surface area contributed by atoms with Gasteiger partial charge in [0.25, 0.3) is 5.91 Å². The molecule has 23 heavy (non-hydrogen) atoms. The standard InChI is InChI=1S/C16H17N5OS/c1-3-5-14-19-13(9-23-14)16(22)18-12-7-4-6-11(8-12)15-17-10(2)20-21-15/h4,6-9H,3,5H2,1-2H3,(H,18,22)(H,17,20,21). The van der Waals surface area contributed by atoms with Crippen molar-refractivity contribution in [1.82, 2.24) is 20.2 Å². The van der Waals surface area contributed by atoms with Crippen molar-refractivity contribution in [2.45, 2.75) is 26.7 Å². The fourth-order valence-electron chi connectivity index (χ4n) is 2.15. The van der Waals surface area contributed by atoms with Crippen molar-refractivity contribution in [3.8, 4) is 11.4 Å². The maximum absolute atomic E-state index is 12.3. The first-order chi connectivity index (χ1) is 11.2. The number of amides is 1. The zero-order valence-corrected chi connectivity index (χ0v) is 13.8. The predicted molar refractivity (Wildman–Crippen MR) is 90.6 cm³/mol. The van der Waals surface area contributed by atoms with E-state index >= 15 is 0 Å². The van der Waals surface area contributed by atoms with Crippen molar-refractivity contribution in [3.63, 3.8) is 0 Å². The van der Waals surface area contributed by atoms with Crippen molar-refractivity contribution in [2.75, 3.05) is 5.32 Å². The van der Waals surface area contributed by atoms with Crippen molar-refractivity contribution >= 4 is 22.9 Å². The summed E-state index contributed by atoms with van der Waals surface area (Å²) in [6.07, 6.45) is 1.92. The van der Waals surface area contributed by atoms with Crippen molar-refractivity contribution in [3.05, 3.63) is 46.2 Å². The highest BCUT2D eigenvalue weighted by molar-refractivity contribution is 7.09. The number of aromatic nitrogens is 4. The summed E-state index contributed by atoms with van der Waals surface area (Å²) in [5, 5.41) is 12.6. The summed E-state index contributed by atoms with van der Waals surface area (Å²) < 4.78 is 0. The van der Waals surface area contributed by atoms with Crippen LogP contribution in [0.1, 0.15) is 34.7 Å². The van der Waals surface area contributed by atoms with Crippen LogP contribution in [0.4, 0.5) is 5.69 Å². The molecule has 2 N–H and O–H groups in total. The minimum absolute atomic E-state index is 0.202. The van der Waals surface area contributed by atoms with E-state index in [1.807, 2.05) is 31.2 Å². The number of anilines is 1. The maximum atomic E-state index is 12.3. The number of nitrogens with zero attached hydrogens (tertiary/aromatic N) is 3. The largest absolute Gasteiger partial charge is 0.321 e. The van der Waals surface area contributed by atoms with Gasteiger partial charge in [-0.3, -0.25) is 9.89 Å². The number of hydrogen-bond donors (Lipinski definition) is 2. The molecule has 0 aliphatic carbocycles. The van der Waals surface area contributed by atoms with E-state index in [-0.39, 0.29) is 5.91 Å². The Hall–Kier alpha value is -2.54. The lowest BCUT2D eigenvalue weighted by Gasteiger charge is -2.04. The third-order valence-corrected chi connectivity index (χ3v) is 4.13. The predicted octanol–water partition coefficient (Wildman–Crippen LogP) is 3.44. The molecule has 1 aromatic carbocycles. The Balaban J connectivity index is 1.75. The normalized spacial score (nSPS) is 10.7. The molecular formula is C16H17N5OS. The van der Waals surface area contributed by atoms with E-state index in [0.29, 0.717) is 17.2 Å². The van der Waals surface area contributed by atoms with E-state index in [2.05, 4.69) is 32.4 Å². The number of rotatable bonds is 5. The van der Waals surface area contributed by atoms with E-state index in [0.717, 1.165) is 29.2 Å². The molecule has 3 rings (SSSR count). The lowest BCUT2D eigenvalue weighted by molar-refractivity contribution is 0.102. The second kappa shape index (κ2) is 6.70. The minimum Gasteiger partial charge on any atom is -0.321 e. The fourth-order valence-corrected chi connectivity index (χ4v) is 3.03. The van der Waals surface area contributed by atoms with Crippen LogP contribution in [0.2, 0.25) is 0 Å². The van der Waals surface area contributed by atoms with Gasteiger partial charge in [0.05, 0.1) is 5.01 Å². The van der Waals surface area contributed by atoms with Gasteiger partial charge in [0.15, 0.2) is 5.82 Å². The molecule has 6 nitrogen and oxygen atoms in total. The summed E-state index contributed by atoms with van der Waals surface area (Å²) in [5.74, 6) is 1.16. The SMILES string of the molecule is CCCc1nc(C(=O)Nc2cccc(-c3n[nH]c(C)n3)c2)cs1. The van der Waals surface area contributed by atoms with Crippen molar-refractivity contribution in [2.24, 2.45) is 0 Å². The van der Waals surface area contributed by atoms with Gasteiger partial charge >= 0.3 is 0 Å². The highest BCUT2D eigenvalue weighted by Gasteiger charge is 2.12. The van der Waals surface area contributed by atoms with E-state index in [1.54, 1.807) is 5.38 Å². The van der Waals surface area contributed by atoms with Gasteiger partial charge in [-0.2, -0.15) is 5.10 Å². The van der Waals surface area contributed by atoms with Gasteiger partial charge in [-0.1, -0.05) is 19.1 Å². The van der Waals surface area contributed by atoms with Gasteiger partial charge < -0.3 is 5.32 Å². The van der Waals surface area contributed by atoms with Crippen LogP contribution >= 0.6 is 11.3 Å². The third kappa shape index (κ3) is 3.62. The molecule has 1 amide bonds. The molecule has 0 atom stereocenters. The molecular weight excluding hydrogens is 310 g/mol. The molecule has 2 aromatic heterocycles. The van der Waals surface area contributed by atoms with E-state index < -0.39 is 0 Å². The quantitative estimate of drug-likeness (QED) is 0.752. The number of aryl methyl sites for hydroxylation is 2. The molecule has 118 valence electrons. The molecule has 7 heteroatoms. The number of benzene rings is 1. The third-order valence-electron chi connectivity index (χ3n) is 3.22. The minimum atomic E-state index is -0.202. The fraction of sp³-hybridized carbons (Fsp3) is 0.250. The summed E-state index contributed by atoms with van der Waals surface area (Å²) >= 11 is 1.52. The van der Waals surface area contributed by atoms with Crippen LogP contribution < -0.4 is 5.32 Å². The Morgan fingerprint density at radius 1 is 1.35 bits per heavy atom. The van der Waals surface area contributed by atoms with Gasteiger partial charge in [-0.15, -0.1) is 11.3 Å². The Morgan fingerprint density at radius 3 is 2.96 bits per heavy atom. The molecule has 0 saturated heterocycles. The zero-order chi connectivity index (χ0) is 16.2. The monoisotopic (exact) mass is 327 g/mol. The van der Waals surface area contributed by atoms with Gasteiger partial charge in [0.2, 0.25) is 0 Å². The summed E-state index contributed by atoms with van der Waals surface area (Å²) in [4.78, 5) is 20.9. The molecule has 0 unspecified atom stereocenters. The highest BCUT2D eigenvalue weighted by atomic mass is 32.1. The number of H-pyrrole nitrogens is 1. The van der Waals surface area contributed by atoms with E-state index in [4.69, 9.17) is 0 Å². The Morgan fingerprint density at radius 2 is 2.22 bits per heavy atom. The second-order valence-electron chi connectivity index (χ2n) is 5.16. The van der Waals surface area contributed by atoms with Crippen LogP contribution in [0.25, 0.3) is 11.4 Å². The van der Waals surface area contributed by atoms with Crippen LogP contribution in [0.3, 0.4) is 0 Å². The van der Waals surface area contributed by atoms with Gasteiger partial charge in [-0.25, -0.2) is 9.97 Å². The molecule has 0 radical (unpaired) electrons.